The maximum atomic E-state index is 5.09. The molecule has 0 radical (unpaired) electrons. The largest absolute Gasteiger partial charge is 0.253 e. The van der Waals surface area contributed by atoms with Gasteiger partial charge in [-0.05, 0) is 58.3 Å². The molecule has 4 aromatic carbocycles. The Morgan fingerprint density at radius 3 is 1.68 bits per heavy atom. The van der Waals surface area contributed by atoms with E-state index in [2.05, 4.69) is 88.8 Å². The number of hydrogen-bond donors (Lipinski definition) is 0. The smallest absolute Gasteiger partial charge is 0.182 e. The highest BCUT2D eigenvalue weighted by Gasteiger charge is 2.16. The molecule has 0 fully saturated rings. The van der Waals surface area contributed by atoms with E-state index in [-0.39, 0.29) is 0 Å². The summed E-state index contributed by atoms with van der Waals surface area (Å²) in [6.45, 7) is 0. The van der Waals surface area contributed by atoms with Gasteiger partial charge in [0.2, 0.25) is 0 Å². The summed E-state index contributed by atoms with van der Waals surface area (Å²) in [6.07, 6.45) is 3.47. The predicted octanol–water partition coefficient (Wildman–Crippen LogP) is 8.70. The Hall–Kier alpha value is -6.14. The zero-order valence-electron chi connectivity index (χ0n) is 23.5. The van der Waals surface area contributed by atoms with Crippen LogP contribution >= 0.6 is 0 Å². The maximum absolute atomic E-state index is 5.09. The number of aromatic nitrogens is 6. The summed E-state index contributed by atoms with van der Waals surface area (Å²) in [6, 6.07) is 45.0. The molecule has 0 unspecified atom stereocenters. The third-order valence-corrected chi connectivity index (χ3v) is 7.65. The van der Waals surface area contributed by atoms with E-state index in [1.165, 1.54) is 10.8 Å². The third-order valence-electron chi connectivity index (χ3n) is 7.65. The lowest BCUT2D eigenvalue weighted by molar-refractivity contribution is 1.05. The first-order chi connectivity index (χ1) is 21.8. The molecule has 6 heteroatoms. The van der Waals surface area contributed by atoms with Crippen molar-refractivity contribution < 1.29 is 0 Å². The molecule has 0 aliphatic rings. The molecule has 0 saturated carbocycles. The van der Waals surface area contributed by atoms with Crippen LogP contribution in [0.15, 0.2) is 146 Å². The molecule has 8 aromatic rings. The Balaban J connectivity index is 1.29. The van der Waals surface area contributed by atoms with Crippen molar-refractivity contribution >= 4 is 21.7 Å². The molecule has 6 nitrogen and oxygen atoms in total. The van der Waals surface area contributed by atoms with E-state index in [1.807, 2.05) is 54.6 Å². The van der Waals surface area contributed by atoms with Crippen LogP contribution in [0.4, 0.5) is 0 Å². The first kappa shape index (κ1) is 25.6. The van der Waals surface area contributed by atoms with Crippen LogP contribution in [0, 0.1) is 0 Å². The molecule has 0 amide bonds. The summed E-state index contributed by atoms with van der Waals surface area (Å²) in [4.78, 5) is 28.4. The van der Waals surface area contributed by atoms with Crippen LogP contribution in [0.2, 0.25) is 0 Å². The van der Waals surface area contributed by atoms with E-state index in [1.54, 1.807) is 12.4 Å². The summed E-state index contributed by atoms with van der Waals surface area (Å²) in [7, 11) is 0. The molecule has 0 atom stereocenters. The number of fused-ring (bicyclic) bond motifs is 3. The summed E-state index contributed by atoms with van der Waals surface area (Å²) in [5.74, 6) is 1.56. The predicted molar refractivity (Wildman–Crippen MR) is 175 cm³/mol. The average molecular weight is 565 g/mol. The summed E-state index contributed by atoms with van der Waals surface area (Å²) in [5, 5.41) is 3.49. The van der Waals surface area contributed by atoms with Crippen LogP contribution in [0.3, 0.4) is 0 Å². The molecule has 4 aromatic heterocycles. The molecule has 206 valence electrons. The van der Waals surface area contributed by atoms with Crippen LogP contribution < -0.4 is 0 Å². The minimum absolute atomic E-state index is 0.499. The van der Waals surface area contributed by atoms with Gasteiger partial charge < -0.3 is 0 Å². The zero-order valence-corrected chi connectivity index (χ0v) is 23.5. The van der Waals surface area contributed by atoms with Gasteiger partial charge in [0.1, 0.15) is 11.4 Å². The van der Waals surface area contributed by atoms with E-state index in [4.69, 9.17) is 19.9 Å². The van der Waals surface area contributed by atoms with Gasteiger partial charge in [-0.2, -0.15) is 0 Å². The van der Waals surface area contributed by atoms with Crippen LogP contribution in [0.1, 0.15) is 0 Å². The van der Waals surface area contributed by atoms with Gasteiger partial charge in [0.25, 0.3) is 0 Å². The van der Waals surface area contributed by atoms with Gasteiger partial charge in [0, 0.05) is 28.9 Å². The molecular weight excluding hydrogens is 540 g/mol. The second-order valence-electron chi connectivity index (χ2n) is 10.4. The molecular formula is C38H24N6. The monoisotopic (exact) mass is 564 g/mol. The van der Waals surface area contributed by atoms with Crippen LogP contribution in [0.5, 0.6) is 0 Å². The molecule has 8 rings (SSSR count). The average Bonchev–Trinajstić information content (AvgIpc) is 3.12. The SMILES string of the molecule is c1ccc(-c2cc(-c3ccc(-c4nc(-c5ccccn5)nc(-c5ccccn5)n4)cc3)c3c(ccc4ccccc43)n2)cc1. The lowest BCUT2D eigenvalue weighted by Gasteiger charge is -2.13. The third kappa shape index (κ3) is 4.74. The highest BCUT2D eigenvalue weighted by Crippen LogP contribution is 2.37. The molecule has 0 saturated heterocycles. The van der Waals surface area contributed by atoms with Gasteiger partial charge >= 0.3 is 0 Å². The molecule has 0 aliphatic carbocycles. The van der Waals surface area contributed by atoms with Gasteiger partial charge in [0.15, 0.2) is 17.5 Å². The minimum atomic E-state index is 0.499. The van der Waals surface area contributed by atoms with Gasteiger partial charge in [-0.3, -0.25) is 9.97 Å². The van der Waals surface area contributed by atoms with Gasteiger partial charge in [-0.15, -0.1) is 0 Å². The van der Waals surface area contributed by atoms with Crippen molar-refractivity contribution in [2.75, 3.05) is 0 Å². The fraction of sp³-hybridized carbons (Fsp3) is 0. The Kier molecular flexibility index (Phi) is 6.35. The minimum Gasteiger partial charge on any atom is -0.253 e. The fourth-order valence-corrected chi connectivity index (χ4v) is 5.51. The number of pyridine rings is 3. The van der Waals surface area contributed by atoms with Crippen LogP contribution in [-0.4, -0.2) is 29.9 Å². The standard InChI is InChI=1S/C38H24N6/c1-2-11-27(12-3-1)34-24-30(35-29-13-5-4-10-25(29)20-21-31(35)41-34)26-16-18-28(19-17-26)36-42-37(32-14-6-8-22-39-32)44-38(43-36)33-15-7-9-23-40-33/h1-24H. The van der Waals surface area contributed by atoms with Gasteiger partial charge in [-0.1, -0.05) is 97.1 Å². The highest BCUT2D eigenvalue weighted by atomic mass is 15.1. The molecule has 4 heterocycles. The van der Waals surface area contributed by atoms with E-state index in [0.717, 1.165) is 38.9 Å². The van der Waals surface area contributed by atoms with Crippen molar-refractivity contribution in [3.05, 3.63) is 146 Å². The van der Waals surface area contributed by atoms with Gasteiger partial charge in [0.05, 0.1) is 11.2 Å². The topological polar surface area (TPSA) is 77.3 Å². The molecule has 44 heavy (non-hydrogen) atoms. The van der Waals surface area contributed by atoms with Crippen molar-refractivity contribution in [3.63, 3.8) is 0 Å². The molecule has 0 N–H and O–H groups in total. The first-order valence-corrected chi connectivity index (χ1v) is 14.4. The van der Waals surface area contributed by atoms with Crippen LogP contribution in [-0.2, 0) is 0 Å². The van der Waals surface area contributed by atoms with Crippen molar-refractivity contribution in [2.24, 2.45) is 0 Å². The number of hydrogen-bond acceptors (Lipinski definition) is 6. The summed E-state index contributed by atoms with van der Waals surface area (Å²) >= 11 is 0. The van der Waals surface area contributed by atoms with E-state index in [9.17, 15) is 0 Å². The van der Waals surface area contributed by atoms with E-state index < -0.39 is 0 Å². The molecule has 0 bridgehead atoms. The molecule has 0 spiro atoms. The van der Waals surface area contributed by atoms with Crippen molar-refractivity contribution in [2.45, 2.75) is 0 Å². The zero-order chi connectivity index (χ0) is 29.3. The Morgan fingerprint density at radius 2 is 1.00 bits per heavy atom. The van der Waals surface area contributed by atoms with Crippen LogP contribution in [0.25, 0.3) is 78.5 Å². The Bertz CT molecular complexity index is 2200. The van der Waals surface area contributed by atoms with Crippen molar-refractivity contribution in [3.8, 4) is 56.8 Å². The first-order valence-electron chi connectivity index (χ1n) is 14.4. The lowest BCUT2D eigenvalue weighted by Crippen LogP contribution is -2.01. The molecule has 0 aliphatic heterocycles. The maximum Gasteiger partial charge on any atom is 0.182 e. The fourth-order valence-electron chi connectivity index (χ4n) is 5.51. The number of benzene rings is 4. The Morgan fingerprint density at radius 1 is 0.386 bits per heavy atom. The summed E-state index contributed by atoms with van der Waals surface area (Å²) < 4.78 is 0. The lowest BCUT2D eigenvalue weighted by atomic mass is 9.94. The van der Waals surface area contributed by atoms with Crippen molar-refractivity contribution in [1.82, 2.24) is 29.9 Å². The second kappa shape index (κ2) is 10.9. The van der Waals surface area contributed by atoms with E-state index >= 15 is 0 Å². The van der Waals surface area contributed by atoms with Gasteiger partial charge in [-0.25, -0.2) is 19.9 Å². The highest BCUT2D eigenvalue weighted by molar-refractivity contribution is 6.13. The quantitative estimate of drug-likeness (QED) is 0.195. The van der Waals surface area contributed by atoms with Crippen molar-refractivity contribution in [1.29, 1.82) is 0 Å². The number of nitrogens with zero attached hydrogens (tertiary/aromatic N) is 6. The van der Waals surface area contributed by atoms with E-state index in [0.29, 0.717) is 28.9 Å². The second-order valence-corrected chi connectivity index (χ2v) is 10.4. The normalized spacial score (nSPS) is 11.2. The Labute approximate surface area is 253 Å². The number of rotatable bonds is 5. The summed E-state index contributed by atoms with van der Waals surface area (Å²) in [5.41, 5.74) is 7.40.